The number of phenolic OH excluding ortho intramolecular Hbond substituents is 2. The Hall–Kier alpha value is -2.86. The van der Waals surface area contributed by atoms with E-state index in [0.717, 1.165) is 11.1 Å². The summed E-state index contributed by atoms with van der Waals surface area (Å²) in [6.45, 7) is 3.83. The van der Waals surface area contributed by atoms with Gasteiger partial charge in [-0.1, -0.05) is 17.7 Å². The highest BCUT2D eigenvalue weighted by Gasteiger charge is 2.07. The third-order valence-electron chi connectivity index (χ3n) is 3.01. The number of nitrogens with zero attached hydrogens (tertiary/aromatic N) is 1. The van der Waals surface area contributed by atoms with Gasteiger partial charge in [-0.05, 0) is 49.2 Å². The van der Waals surface area contributed by atoms with Crippen LogP contribution in [0.5, 0.6) is 11.5 Å². The number of hydrogen-bond acceptors (Lipinski definition) is 4. The van der Waals surface area contributed by atoms with E-state index in [1.165, 1.54) is 18.3 Å². The highest BCUT2D eigenvalue weighted by Crippen LogP contribution is 2.23. The van der Waals surface area contributed by atoms with E-state index in [2.05, 4.69) is 10.5 Å². The number of benzene rings is 2. The van der Waals surface area contributed by atoms with E-state index in [1.54, 1.807) is 12.1 Å². The summed E-state index contributed by atoms with van der Waals surface area (Å²) in [6.07, 6.45) is 1.39. The molecule has 5 N–H and O–H groups in total. The molecule has 6 heteroatoms. The Bertz CT molecular complexity index is 711. The first kappa shape index (κ1) is 17.2. The highest BCUT2D eigenvalue weighted by molar-refractivity contribution is 5.96. The number of carbonyl (C=O) groups excluding carboxylic acids is 1. The molecule has 2 aromatic carbocycles. The number of hydrazone groups is 1. The molecule has 0 atom stereocenters. The number of hydrogen-bond donors (Lipinski definition) is 3. The molecule has 0 heterocycles. The van der Waals surface area contributed by atoms with Gasteiger partial charge in [0, 0.05) is 5.56 Å². The fourth-order valence-corrected chi connectivity index (χ4v) is 1.91. The Morgan fingerprint density at radius 1 is 1.09 bits per heavy atom. The summed E-state index contributed by atoms with van der Waals surface area (Å²) in [6, 6.07) is 9.81. The van der Waals surface area contributed by atoms with Crippen LogP contribution in [0, 0.1) is 13.8 Å². The van der Waals surface area contributed by atoms with E-state index in [0.29, 0.717) is 11.1 Å². The number of amides is 1. The molecule has 22 heavy (non-hydrogen) atoms. The monoisotopic (exact) mass is 302 g/mol. The maximum absolute atomic E-state index is 12.0. The molecule has 0 saturated carbocycles. The van der Waals surface area contributed by atoms with Crippen molar-refractivity contribution in [2.75, 3.05) is 0 Å². The van der Waals surface area contributed by atoms with Crippen molar-refractivity contribution >= 4 is 12.1 Å². The molecule has 0 aliphatic rings. The Kier molecular flexibility index (Phi) is 5.65. The standard InChI is InChI=1S/C16H16N2O3.H2O/c1-10-3-5-13(11(2)7-10)16(21)18-17-9-12-4-6-14(19)15(20)8-12;/h3-9,19-20H,1-2H3,(H,18,21);1H2/b17-9+;. The van der Waals surface area contributed by atoms with Gasteiger partial charge in [-0.3, -0.25) is 4.79 Å². The number of phenols is 2. The fraction of sp³-hybridized carbons (Fsp3) is 0.125. The van der Waals surface area contributed by atoms with E-state index in [9.17, 15) is 15.0 Å². The molecule has 2 aromatic rings. The molecular weight excluding hydrogens is 284 g/mol. The summed E-state index contributed by atoms with van der Waals surface area (Å²) in [5.41, 5.74) is 5.52. The molecule has 0 saturated heterocycles. The van der Waals surface area contributed by atoms with Gasteiger partial charge in [0.05, 0.1) is 6.21 Å². The van der Waals surface area contributed by atoms with Crippen molar-refractivity contribution in [3.05, 3.63) is 58.7 Å². The van der Waals surface area contributed by atoms with Crippen molar-refractivity contribution in [2.24, 2.45) is 5.10 Å². The number of aryl methyl sites for hydroxylation is 2. The zero-order chi connectivity index (χ0) is 15.4. The van der Waals surface area contributed by atoms with Gasteiger partial charge in [0.15, 0.2) is 11.5 Å². The van der Waals surface area contributed by atoms with Crippen molar-refractivity contribution in [1.82, 2.24) is 5.43 Å². The molecule has 0 aliphatic heterocycles. The predicted molar refractivity (Wildman–Crippen MR) is 84.4 cm³/mol. The van der Waals surface area contributed by atoms with E-state index in [4.69, 9.17) is 0 Å². The second-order valence-corrected chi connectivity index (χ2v) is 4.77. The van der Waals surface area contributed by atoms with Crippen LogP contribution in [0.25, 0.3) is 0 Å². The second-order valence-electron chi connectivity index (χ2n) is 4.77. The van der Waals surface area contributed by atoms with Crippen LogP contribution in [0.15, 0.2) is 41.5 Å². The number of aromatic hydroxyl groups is 2. The first-order valence-electron chi connectivity index (χ1n) is 6.40. The Morgan fingerprint density at radius 3 is 2.45 bits per heavy atom. The van der Waals surface area contributed by atoms with Gasteiger partial charge >= 0.3 is 0 Å². The van der Waals surface area contributed by atoms with Crippen molar-refractivity contribution in [1.29, 1.82) is 0 Å². The summed E-state index contributed by atoms with van der Waals surface area (Å²) < 4.78 is 0. The molecule has 0 aromatic heterocycles. The summed E-state index contributed by atoms with van der Waals surface area (Å²) in [5.74, 6) is -0.738. The zero-order valence-electron chi connectivity index (χ0n) is 12.3. The summed E-state index contributed by atoms with van der Waals surface area (Å²) in [4.78, 5) is 12.0. The van der Waals surface area contributed by atoms with E-state index >= 15 is 0 Å². The molecule has 0 radical (unpaired) electrons. The summed E-state index contributed by atoms with van der Waals surface area (Å²) in [7, 11) is 0. The Morgan fingerprint density at radius 2 is 1.82 bits per heavy atom. The maximum atomic E-state index is 12.0. The van der Waals surface area contributed by atoms with Crippen molar-refractivity contribution in [3.63, 3.8) is 0 Å². The number of carbonyl (C=O) groups is 1. The molecule has 0 unspecified atom stereocenters. The van der Waals surface area contributed by atoms with E-state index in [-0.39, 0.29) is 22.9 Å². The molecule has 6 nitrogen and oxygen atoms in total. The average molecular weight is 302 g/mol. The fourth-order valence-electron chi connectivity index (χ4n) is 1.91. The minimum atomic E-state index is -0.299. The lowest BCUT2D eigenvalue weighted by atomic mass is 10.1. The molecule has 0 aliphatic carbocycles. The molecular formula is C16H18N2O4. The summed E-state index contributed by atoms with van der Waals surface area (Å²) in [5, 5.41) is 22.4. The third kappa shape index (κ3) is 4.07. The van der Waals surface area contributed by atoms with Gasteiger partial charge in [0.2, 0.25) is 0 Å². The van der Waals surface area contributed by atoms with Gasteiger partial charge in [-0.25, -0.2) is 5.43 Å². The van der Waals surface area contributed by atoms with Gasteiger partial charge in [-0.15, -0.1) is 0 Å². The Balaban J connectivity index is 0.00000242. The largest absolute Gasteiger partial charge is 0.504 e. The molecule has 116 valence electrons. The van der Waals surface area contributed by atoms with Crippen LogP contribution in [0.1, 0.15) is 27.0 Å². The van der Waals surface area contributed by atoms with Crippen LogP contribution in [0.2, 0.25) is 0 Å². The van der Waals surface area contributed by atoms with Crippen LogP contribution in [0.3, 0.4) is 0 Å². The number of nitrogens with one attached hydrogen (secondary N) is 1. The molecule has 0 fully saturated rings. The second kappa shape index (κ2) is 7.24. The Labute approximate surface area is 128 Å². The zero-order valence-corrected chi connectivity index (χ0v) is 12.3. The van der Waals surface area contributed by atoms with Crippen LogP contribution in [-0.4, -0.2) is 27.8 Å². The van der Waals surface area contributed by atoms with E-state index < -0.39 is 0 Å². The molecule has 0 bridgehead atoms. The van der Waals surface area contributed by atoms with Gasteiger partial charge in [-0.2, -0.15) is 5.10 Å². The minimum Gasteiger partial charge on any atom is -0.504 e. The van der Waals surface area contributed by atoms with Crippen molar-refractivity contribution < 1.29 is 20.5 Å². The lowest BCUT2D eigenvalue weighted by Crippen LogP contribution is -2.18. The SMILES string of the molecule is Cc1ccc(C(=O)N/N=C/c2ccc(O)c(O)c2)c(C)c1.O. The normalized spacial score (nSPS) is 10.3. The van der Waals surface area contributed by atoms with Crippen LogP contribution in [0.4, 0.5) is 0 Å². The van der Waals surface area contributed by atoms with Crippen LogP contribution in [-0.2, 0) is 0 Å². The van der Waals surface area contributed by atoms with E-state index in [1.807, 2.05) is 26.0 Å². The lowest BCUT2D eigenvalue weighted by Gasteiger charge is -2.05. The first-order valence-corrected chi connectivity index (χ1v) is 6.40. The predicted octanol–water partition coefficient (Wildman–Crippen LogP) is 1.65. The molecule has 1 amide bonds. The van der Waals surface area contributed by atoms with Gasteiger partial charge in [0.25, 0.3) is 5.91 Å². The lowest BCUT2D eigenvalue weighted by molar-refractivity contribution is 0.0954. The van der Waals surface area contributed by atoms with Gasteiger partial charge in [0.1, 0.15) is 0 Å². The third-order valence-corrected chi connectivity index (χ3v) is 3.01. The maximum Gasteiger partial charge on any atom is 0.271 e. The smallest absolute Gasteiger partial charge is 0.271 e. The first-order chi connectivity index (χ1) is 9.97. The highest BCUT2D eigenvalue weighted by atomic mass is 16.3. The average Bonchev–Trinajstić information content (AvgIpc) is 2.42. The quantitative estimate of drug-likeness (QED) is 0.455. The van der Waals surface area contributed by atoms with Crippen molar-refractivity contribution in [3.8, 4) is 11.5 Å². The summed E-state index contributed by atoms with van der Waals surface area (Å²) >= 11 is 0. The van der Waals surface area contributed by atoms with Gasteiger partial charge < -0.3 is 15.7 Å². The van der Waals surface area contributed by atoms with Crippen LogP contribution < -0.4 is 5.43 Å². The number of rotatable bonds is 3. The van der Waals surface area contributed by atoms with Crippen LogP contribution >= 0.6 is 0 Å². The van der Waals surface area contributed by atoms with Crippen molar-refractivity contribution in [2.45, 2.75) is 13.8 Å². The molecule has 0 spiro atoms. The minimum absolute atomic E-state index is 0. The topological polar surface area (TPSA) is 113 Å². The molecule has 2 rings (SSSR count).